The Morgan fingerprint density at radius 3 is 2.47 bits per heavy atom. The van der Waals surface area contributed by atoms with Gasteiger partial charge >= 0.3 is 0 Å². The predicted molar refractivity (Wildman–Crippen MR) is 77.7 cm³/mol. The first kappa shape index (κ1) is 14.6. The number of hydrogen-bond donors (Lipinski definition) is 1. The molecule has 1 heterocycles. The van der Waals surface area contributed by atoms with Crippen LogP contribution in [0.15, 0.2) is 18.2 Å². The second kappa shape index (κ2) is 6.12. The average Bonchev–Trinajstić information content (AvgIpc) is 2.26. The molecule has 0 radical (unpaired) electrons. The van der Waals surface area contributed by atoms with Crippen molar-refractivity contribution >= 4 is 11.6 Å². The van der Waals surface area contributed by atoms with E-state index < -0.39 is 0 Å². The van der Waals surface area contributed by atoms with Crippen molar-refractivity contribution in [1.82, 2.24) is 0 Å². The molecule has 1 saturated heterocycles. The Labute approximate surface area is 120 Å². The molecule has 1 aromatic rings. The molecule has 2 N–H and O–H groups in total. The summed E-state index contributed by atoms with van der Waals surface area (Å²) < 4.78 is 11.7. The molecule has 3 unspecified atom stereocenters. The van der Waals surface area contributed by atoms with Crippen molar-refractivity contribution in [2.75, 3.05) is 0 Å². The van der Waals surface area contributed by atoms with Gasteiger partial charge in [-0.3, -0.25) is 0 Å². The third kappa shape index (κ3) is 3.85. The number of hydrogen-bond acceptors (Lipinski definition) is 3. The van der Waals surface area contributed by atoms with Gasteiger partial charge in [-0.1, -0.05) is 17.7 Å². The predicted octanol–water partition coefficient (Wildman–Crippen LogP) is 3.69. The Morgan fingerprint density at radius 1 is 1.32 bits per heavy atom. The summed E-state index contributed by atoms with van der Waals surface area (Å²) in [5.74, 6) is 0.806. The van der Waals surface area contributed by atoms with Crippen molar-refractivity contribution < 1.29 is 9.47 Å². The molecule has 3 nitrogen and oxygen atoms in total. The lowest BCUT2D eigenvalue weighted by molar-refractivity contribution is -0.0721. The van der Waals surface area contributed by atoms with Gasteiger partial charge in [-0.2, -0.15) is 0 Å². The van der Waals surface area contributed by atoms with Crippen LogP contribution in [0.25, 0.3) is 0 Å². The van der Waals surface area contributed by atoms with Crippen LogP contribution in [0.3, 0.4) is 0 Å². The molecule has 1 aliphatic heterocycles. The van der Waals surface area contributed by atoms with E-state index in [1.807, 2.05) is 25.1 Å². The zero-order chi connectivity index (χ0) is 14.0. The van der Waals surface area contributed by atoms with Crippen molar-refractivity contribution in [3.8, 4) is 5.75 Å². The first-order valence-corrected chi connectivity index (χ1v) is 7.20. The van der Waals surface area contributed by atoms with Crippen molar-refractivity contribution in [2.45, 2.75) is 58.0 Å². The SMILES string of the molecule is CC1CC(Oc2ccc(C(C)N)c(Cl)c2)CC(C)O1. The van der Waals surface area contributed by atoms with Gasteiger partial charge in [0.25, 0.3) is 0 Å². The molecule has 106 valence electrons. The lowest BCUT2D eigenvalue weighted by Crippen LogP contribution is -2.35. The summed E-state index contributed by atoms with van der Waals surface area (Å²) in [4.78, 5) is 0. The number of nitrogens with two attached hydrogens (primary N) is 1. The minimum absolute atomic E-state index is 0.0651. The normalized spacial score (nSPS) is 29.0. The summed E-state index contributed by atoms with van der Waals surface area (Å²) in [5, 5.41) is 0.667. The number of rotatable bonds is 3. The highest BCUT2D eigenvalue weighted by Gasteiger charge is 2.25. The summed E-state index contributed by atoms with van der Waals surface area (Å²) in [6, 6.07) is 5.67. The average molecular weight is 284 g/mol. The van der Waals surface area contributed by atoms with Crippen molar-refractivity contribution in [3.63, 3.8) is 0 Å². The van der Waals surface area contributed by atoms with E-state index in [1.54, 1.807) is 0 Å². The number of benzene rings is 1. The number of ether oxygens (including phenoxy) is 2. The van der Waals surface area contributed by atoms with Gasteiger partial charge in [0, 0.05) is 23.9 Å². The Hall–Kier alpha value is -0.770. The fraction of sp³-hybridized carbons (Fsp3) is 0.600. The highest BCUT2D eigenvalue weighted by atomic mass is 35.5. The van der Waals surface area contributed by atoms with E-state index in [1.165, 1.54) is 0 Å². The van der Waals surface area contributed by atoms with Crippen molar-refractivity contribution in [1.29, 1.82) is 0 Å². The third-order valence-electron chi connectivity index (χ3n) is 3.42. The maximum Gasteiger partial charge on any atom is 0.121 e. The summed E-state index contributed by atoms with van der Waals surface area (Å²) in [6.07, 6.45) is 2.50. The van der Waals surface area contributed by atoms with E-state index in [9.17, 15) is 0 Å². The smallest absolute Gasteiger partial charge is 0.121 e. The summed E-state index contributed by atoms with van der Waals surface area (Å²) in [7, 11) is 0. The van der Waals surface area contributed by atoms with E-state index in [0.29, 0.717) is 5.02 Å². The molecule has 0 aromatic heterocycles. The molecule has 19 heavy (non-hydrogen) atoms. The first-order chi connectivity index (χ1) is 8.95. The highest BCUT2D eigenvalue weighted by molar-refractivity contribution is 6.31. The zero-order valence-corrected chi connectivity index (χ0v) is 12.5. The quantitative estimate of drug-likeness (QED) is 0.920. The van der Waals surface area contributed by atoms with Crippen LogP contribution in [0.5, 0.6) is 5.75 Å². The van der Waals surface area contributed by atoms with Gasteiger partial charge in [-0.05, 0) is 38.5 Å². The van der Waals surface area contributed by atoms with Crippen LogP contribution in [0.2, 0.25) is 5.02 Å². The molecule has 0 aliphatic carbocycles. The molecule has 0 bridgehead atoms. The molecule has 3 atom stereocenters. The topological polar surface area (TPSA) is 44.5 Å². The Morgan fingerprint density at radius 2 is 1.95 bits per heavy atom. The molecule has 0 spiro atoms. The molecule has 0 amide bonds. The van der Waals surface area contributed by atoms with Gasteiger partial charge in [-0.15, -0.1) is 0 Å². The minimum atomic E-state index is -0.0651. The molecular weight excluding hydrogens is 262 g/mol. The summed E-state index contributed by atoms with van der Waals surface area (Å²) in [5.41, 5.74) is 6.79. The zero-order valence-electron chi connectivity index (χ0n) is 11.7. The molecule has 1 aromatic carbocycles. The molecule has 1 fully saturated rings. The van der Waals surface area contributed by atoms with E-state index in [2.05, 4.69) is 13.8 Å². The molecule has 1 aliphatic rings. The molecule has 0 saturated carbocycles. The molecular formula is C15H22ClNO2. The van der Waals surface area contributed by atoms with Crippen LogP contribution in [0.1, 0.15) is 45.2 Å². The lowest BCUT2D eigenvalue weighted by atomic mass is 10.0. The second-order valence-electron chi connectivity index (χ2n) is 5.44. The second-order valence-corrected chi connectivity index (χ2v) is 5.85. The van der Waals surface area contributed by atoms with E-state index in [0.717, 1.165) is 24.2 Å². The van der Waals surface area contributed by atoms with E-state index >= 15 is 0 Å². The van der Waals surface area contributed by atoms with E-state index in [4.69, 9.17) is 26.8 Å². The largest absolute Gasteiger partial charge is 0.490 e. The van der Waals surface area contributed by atoms with Gasteiger partial charge < -0.3 is 15.2 Å². The van der Waals surface area contributed by atoms with Crippen LogP contribution in [-0.2, 0) is 4.74 Å². The fourth-order valence-electron chi connectivity index (χ4n) is 2.58. The van der Waals surface area contributed by atoms with Crippen LogP contribution in [-0.4, -0.2) is 18.3 Å². The number of halogens is 1. The van der Waals surface area contributed by atoms with Crippen LogP contribution < -0.4 is 10.5 Å². The van der Waals surface area contributed by atoms with Crippen molar-refractivity contribution in [3.05, 3.63) is 28.8 Å². The maximum absolute atomic E-state index is 6.21. The van der Waals surface area contributed by atoms with Crippen LogP contribution in [0.4, 0.5) is 0 Å². The Bertz CT molecular complexity index is 426. The third-order valence-corrected chi connectivity index (χ3v) is 3.75. The van der Waals surface area contributed by atoms with Crippen molar-refractivity contribution in [2.24, 2.45) is 5.73 Å². The fourth-order valence-corrected chi connectivity index (χ4v) is 2.93. The van der Waals surface area contributed by atoms with Gasteiger partial charge in [0.2, 0.25) is 0 Å². The summed E-state index contributed by atoms with van der Waals surface area (Å²) >= 11 is 6.21. The first-order valence-electron chi connectivity index (χ1n) is 6.83. The molecule has 4 heteroatoms. The standard InChI is InChI=1S/C15H22ClNO2/c1-9-6-13(7-10(2)18-9)19-12-4-5-14(11(3)17)15(16)8-12/h4-5,8-11,13H,6-7,17H2,1-3H3. The van der Waals surface area contributed by atoms with E-state index in [-0.39, 0.29) is 24.4 Å². The van der Waals surface area contributed by atoms with Gasteiger partial charge in [0.15, 0.2) is 0 Å². The highest BCUT2D eigenvalue weighted by Crippen LogP contribution is 2.29. The lowest BCUT2D eigenvalue weighted by Gasteiger charge is -2.32. The minimum Gasteiger partial charge on any atom is -0.490 e. The van der Waals surface area contributed by atoms with Gasteiger partial charge in [0.05, 0.1) is 12.2 Å². The Balaban J connectivity index is 2.05. The maximum atomic E-state index is 6.21. The Kier molecular flexibility index (Phi) is 4.71. The van der Waals surface area contributed by atoms with Crippen LogP contribution in [0, 0.1) is 0 Å². The van der Waals surface area contributed by atoms with Gasteiger partial charge in [-0.25, -0.2) is 0 Å². The summed E-state index contributed by atoms with van der Waals surface area (Å²) in [6.45, 7) is 6.08. The monoisotopic (exact) mass is 283 g/mol. The molecule has 2 rings (SSSR count). The van der Waals surface area contributed by atoms with Crippen LogP contribution >= 0.6 is 11.6 Å². The van der Waals surface area contributed by atoms with Gasteiger partial charge in [0.1, 0.15) is 11.9 Å².